The molecular weight excluding hydrogens is 1330 g/mol. The van der Waals surface area contributed by atoms with E-state index in [2.05, 4.69) is 48.5 Å². The monoisotopic (exact) mass is 1490 g/mol. The Hall–Kier alpha value is -1.94. The zero-order valence-corrected chi connectivity index (χ0v) is 68.9. The van der Waals surface area contributed by atoms with Crippen LogP contribution in [0.1, 0.15) is 434 Å². The molecule has 0 aromatic heterocycles. The van der Waals surface area contributed by atoms with E-state index in [1.165, 1.54) is 244 Å². The number of unbranched alkanes of at least 4 members (excludes halogenated alkanes) is 47. The van der Waals surface area contributed by atoms with Crippen LogP contribution in [0.25, 0.3) is 0 Å². The van der Waals surface area contributed by atoms with E-state index < -0.39 is 97.5 Å². The van der Waals surface area contributed by atoms with Gasteiger partial charge in [-0.15, -0.1) is 0 Å². The molecule has 3 N–H and O–H groups in total. The summed E-state index contributed by atoms with van der Waals surface area (Å²) in [5.41, 5.74) is 0. The number of aliphatic hydroxyl groups excluding tert-OH is 1. The van der Waals surface area contributed by atoms with Gasteiger partial charge in [-0.25, -0.2) is 9.13 Å². The summed E-state index contributed by atoms with van der Waals surface area (Å²) in [6, 6.07) is 0. The summed E-state index contributed by atoms with van der Waals surface area (Å²) < 4.78 is 68.8. The lowest BCUT2D eigenvalue weighted by molar-refractivity contribution is -0.161. The van der Waals surface area contributed by atoms with Crippen LogP contribution in [0.3, 0.4) is 0 Å². The number of phosphoric acid groups is 2. The summed E-state index contributed by atoms with van der Waals surface area (Å²) in [4.78, 5) is 73.1. The van der Waals surface area contributed by atoms with Crippen LogP contribution in [-0.4, -0.2) is 96.7 Å². The molecule has 4 unspecified atom stereocenters. The number of esters is 4. The predicted molar refractivity (Wildman–Crippen MR) is 418 cm³/mol. The maximum absolute atomic E-state index is 13.1. The van der Waals surface area contributed by atoms with Crippen molar-refractivity contribution in [3.63, 3.8) is 0 Å². The van der Waals surface area contributed by atoms with Crippen molar-refractivity contribution in [2.45, 2.75) is 452 Å². The van der Waals surface area contributed by atoms with Gasteiger partial charge in [0.05, 0.1) is 26.4 Å². The summed E-state index contributed by atoms with van der Waals surface area (Å²) >= 11 is 0. The molecule has 0 bridgehead atoms. The fourth-order valence-corrected chi connectivity index (χ4v) is 14.4. The Bertz CT molecular complexity index is 1980. The molecule has 0 aliphatic rings. The molecule has 606 valence electrons. The molecular formula is C83H162O17P2. The van der Waals surface area contributed by atoms with Crippen LogP contribution < -0.4 is 0 Å². The SMILES string of the molecule is CCCCCCCCCCCCCCCCCCCCCCCCC(=O)O[C@H](COC(=O)CCCCCCCCCCCCC(C)CC)COP(=O)(O)OC[C@@H](O)COP(=O)(O)OC[C@@H](COC(=O)CCCCCCCCCCCC(C)C)OC(=O)CCCCCCCCCCCCC(C)CC. The first-order valence-corrected chi connectivity index (χ1v) is 45.9. The first kappa shape index (κ1) is 100. The van der Waals surface area contributed by atoms with Gasteiger partial charge in [0.15, 0.2) is 12.2 Å². The molecule has 0 rings (SSSR count). The number of rotatable bonds is 81. The van der Waals surface area contributed by atoms with Gasteiger partial charge >= 0.3 is 39.5 Å². The van der Waals surface area contributed by atoms with E-state index in [4.69, 9.17) is 37.0 Å². The van der Waals surface area contributed by atoms with Gasteiger partial charge in [-0.05, 0) is 43.4 Å². The van der Waals surface area contributed by atoms with Crippen molar-refractivity contribution in [3.8, 4) is 0 Å². The molecule has 19 heteroatoms. The van der Waals surface area contributed by atoms with Gasteiger partial charge in [0, 0.05) is 25.7 Å². The third-order valence-electron chi connectivity index (χ3n) is 20.1. The lowest BCUT2D eigenvalue weighted by atomic mass is 9.99. The molecule has 0 radical (unpaired) electrons. The summed E-state index contributed by atoms with van der Waals surface area (Å²) in [7, 11) is -9.92. The smallest absolute Gasteiger partial charge is 0.462 e. The van der Waals surface area contributed by atoms with Crippen LogP contribution in [0.4, 0.5) is 0 Å². The zero-order chi connectivity index (χ0) is 75.1. The third-order valence-corrected chi connectivity index (χ3v) is 22.0. The molecule has 0 fully saturated rings. The van der Waals surface area contributed by atoms with E-state index in [-0.39, 0.29) is 25.7 Å². The summed E-state index contributed by atoms with van der Waals surface area (Å²) in [6.45, 7) is 12.0. The Morgan fingerprint density at radius 2 is 0.500 bits per heavy atom. The van der Waals surface area contributed by atoms with Gasteiger partial charge in [0.1, 0.15) is 19.3 Å². The number of phosphoric ester groups is 2. The van der Waals surface area contributed by atoms with Gasteiger partial charge in [0.2, 0.25) is 0 Å². The number of hydrogen-bond acceptors (Lipinski definition) is 15. The fourth-order valence-electron chi connectivity index (χ4n) is 12.8. The van der Waals surface area contributed by atoms with Crippen molar-refractivity contribution in [2.75, 3.05) is 39.6 Å². The van der Waals surface area contributed by atoms with E-state index in [1.54, 1.807) is 0 Å². The molecule has 17 nitrogen and oxygen atoms in total. The normalized spacial score (nSPS) is 14.5. The van der Waals surface area contributed by atoms with Crippen LogP contribution in [0.2, 0.25) is 0 Å². The summed E-state index contributed by atoms with van der Waals surface area (Å²) in [6.07, 6.45) is 62.4. The van der Waals surface area contributed by atoms with Crippen molar-refractivity contribution < 1.29 is 80.2 Å². The van der Waals surface area contributed by atoms with Gasteiger partial charge in [-0.1, -0.05) is 382 Å². The van der Waals surface area contributed by atoms with Gasteiger partial charge < -0.3 is 33.8 Å². The predicted octanol–water partition coefficient (Wildman–Crippen LogP) is 24.9. The number of carbonyl (C=O) groups is 4. The Labute approximate surface area is 626 Å². The van der Waals surface area contributed by atoms with Gasteiger partial charge in [0.25, 0.3) is 0 Å². The molecule has 0 heterocycles. The highest BCUT2D eigenvalue weighted by atomic mass is 31.2. The van der Waals surface area contributed by atoms with Crippen molar-refractivity contribution in [1.29, 1.82) is 0 Å². The molecule has 0 amide bonds. The average molecular weight is 1490 g/mol. The van der Waals surface area contributed by atoms with Crippen LogP contribution in [-0.2, 0) is 65.4 Å². The highest BCUT2D eigenvalue weighted by Crippen LogP contribution is 2.45. The van der Waals surface area contributed by atoms with Gasteiger partial charge in [-0.3, -0.25) is 37.3 Å². The average Bonchev–Trinajstić information content (AvgIpc) is 0.927. The van der Waals surface area contributed by atoms with E-state index in [1.807, 2.05) is 0 Å². The summed E-state index contributed by atoms with van der Waals surface area (Å²) in [5, 5.41) is 10.7. The highest BCUT2D eigenvalue weighted by molar-refractivity contribution is 7.47. The molecule has 0 aromatic carbocycles. The van der Waals surface area contributed by atoms with E-state index in [0.29, 0.717) is 25.7 Å². The van der Waals surface area contributed by atoms with Crippen molar-refractivity contribution in [1.82, 2.24) is 0 Å². The standard InChI is InChI=1S/C83H162O17P2/c1-8-11-12-13-14-15-16-17-18-19-20-21-22-23-24-25-26-27-37-45-52-59-66-82(87)99-78(70-93-80(85)64-57-50-43-36-30-28-34-41-48-55-62-75(6)9-2)72-97-101(89,90)95-68-77(84)69-96-102(91,92)98-73-79(71-94-81(86)65-58-51-44-39-32-33-40-47-54-61-74(4)5)100-83(88)67-60-53-46-38-31-29-35-42-49-56-63-76(7)10-3/h74-79,84H,8-73H2,1-7H3,(H,89,90)(H,91,92)/t75?,76?,77-,78-,79-/m1/s1. The first-order chi connectivity index (χ1) is 49.3. The third kappa shape index (κ3) is 73.6. The number of aliphatic hydroxyl groups is 1. The maximum Gasteiger partial charge on any atom is 0.472 e. The van der Waals surface area contributed by atoms with Crippen molar-refractivity contribution in [3.05, 3.63) is 0 Å². The van der Waals surface area contributed by atoms with Crippen LogP contribution in [0.15, 0.2) is 0 Å². The Balaban J connectivity index is 5.23. The maximum atomic E-state index is 13.1. The van der Waals surface area contributed by atoms with E-state index in [9.17, 15) is 43.2 Å². The second kappa shape index (κ2) is 73.2. The Morgan fingerprint density at radius 3 is 0.745 bits per heavy atom. The minimum absolute atomic E-state index is 0.106. The molecule has 0 aliphatic carbocycles. The van der Waals surface area contributed by atoms with Crippen LogP contribution in [0, 0.1) is 17.8 Å². The molecule has 102 heavy (non-hydrogen) atoms. The quantitative estimate of drug-likeness (QED) is 0.0222. The molecule has 0 spiro atoms. The fraction of sp³-hybridized carbons (Fsp3) is 0.952. The van der Waals surface area contributed by atoms with Crippen molar-refractivity contribution in [2.24, 2.45) is 17.8 Å². The molecule has 7 atom stereocenters. The van der Waals surface area contributed by atoms with Crippen LogP contribution in [0.5, 0.6) is 0 Å². The lowest BCUT2D eigenvalue weighted by Gasteiger charge is -2.21. The van der Waals surface area contributed by atoms with Crippen LogP contribution >= 0.6 is 15.6 Å². The topological polar surface area (TPSA) is 237 Å². The zero-order valence-electron chi connectivity index (χ0n) is 67.1. The Kier molecular flexibility index (Phi) is 71.8. The molecule has 0 aliphatic heterocycles. The second-order valence-corrected chi connectivity index (χ2v) is 33.7. The molecule has 0 aromatic rings. The minimum Gasteiger partial charge on any atom is -0.462 e. The Morgan fingerprint density at radius 1 is 0.284 bits per heavy atom. The largest absolute Gasteiger partial charge is 0.472 e. The minimum atomic E-state index is -4.96. The number of carbonyl (C=O) groups excluding carboxylic acids is 4. The highest BCUT2D eigenvalue weighted by Gasteiger charge is 2.30. The van der Waals surface area contributed by atoms with Gasteiger partial charge in [-0.2, -0.15) is 0 Å². The molecule has 0 saturated heterocycles. The van der Waals surface area contributed by atoms with E-state index in [0.717, 1.165) is 108 Å². The number of hydrogen-bond donors (Lipinski definition) is 3. The molecule has 0 saturated carbocycles. The van der Waals surface area contributed by atoms with Crippen molar-refractivity contribution >= 4 is 39.5 Å². The second-order valence-electron chi connectivity index (χ2n) is 30.8. The van der Waals surface area contributed by atoms with E-state index >= 15 is 0 Å². The lowest BCUT2D eigenvalue weighted by Crippen LogP contribution is -2.30. The number of ether oxygens (including phenoxy) is 4. The first-order valence-electron chi connectivity index (χ1n) is 42.9. The summed E-state index contributed by atoms with van der Waals surface area (Å²) in [5.74, 6) is 0.246.